The maximum Gasteiger partial charge on any atom is 0.260 e. The first-order chi connectivity index (χ1) is 14.0. The molecule has 0 amide bonds. The summed E-state index contributed by atoms with van der Waals surface area (Å²) in [6.45, 7) is 0. The van der Waals surface area contributed by atoms with Crippen molar-refractivity contribution in [3.63, 3.8) is 0 Å². The van der Waals surface area contributed by atoms with Crippen LogP contribution in [0.3, 0.4) is 0 Å². The Hall–Kier alpha value is -3.57. The number of carbonyl (C=O) groups is 1. The van der Waals surface area contributed by atoms with Crippen LogP contribution < -0.4 is 5.56 Å². The highest BCUT2D eigenvalue weighted by atomic mass is 35.5. The van der Waals surface area contributed by atoms with Crippen molar-refractivity contribution in [3.05, 3.63) is 105 Å². The Morgan fingerprint density at radius 1 is 1.07 bits per heavy atom. The maximum atomic E-state index is 13.5. The molecule has 0 saturated carbocycles. The first-order valence-corrected chi connectivity index (χ1v) is 9.15. The zero-order valence-electron chi connectivity index (χ0n) is 15.0. The van der Waals surface area contributed by atoms with Crippen LogP contribution in [0.2, 0.25) is 5.02 Å². The molecule has 4 rings (SSSR count). The van der Waals surface area contributed by atoms with Crippen LogP contribution in [-0.4, -0.2) is 15.8 Å². The van der Waals surface area contributed by atoms with Gasteiger partial charge < -0.3 is 4.98 Å². The second-order valence-corrected chi connectivity index (χ2v) is 6.79. The van der Waals surface area contributed by atoms with Crippen molar-refractivity contribution in [1.29, 1.82) is 0 Å². The van der Waals surface area contributed by atoms with Crippen LogP contribution in [0, 0.1) is 5.82 Å². The van der Waals surface area contributed by atoms with E-state index in [2.05, 4.69) is 9.97 Å². The van der Waals surface area contributed by atoms with Crippen LogP contribution in [0.15, 0.2) is 77.7 Å². The van der Waals surface area contributed by atoms with E-state index in [1.165, 1.54) is 30.3 Å². The topological polar surface area (TPSA) is 62.8 Å². The lowest BCUT2D eigenvalue weighted by molar-refractivity contribution is 0.104. The van der Waals surface area contributed by atoms with Crippen LogP contribution >= 0.6 is 11.6 Å². The van der Waals surface area contributed by atoms with Crippen LogP contribution in [0.1, 0.15) is 16.1 Å². The monoisotopic (exact) mass is 404 g/mol. The van der Waals surface area contributed by atoms with E-state index in [-0.39, 0.29) is 5.56 Å². The van der Waals surface area contributed by atoms with Gasteiger partial charge in [-0.25, -0.2) is 4.39 Å². The number of aromatic nitrogens is 2. The summed E-state index contributed by atoms with van der Waals surface area (Å²) < 4.78 is 13.5. The van der Waals surface area contributed by atoms with E-state index in [0.29, 0.717) is 32.7 Å². The van der Waals surface area contributed by atoms with Gasteiger partial charge >= 0.3 is 0 Å². The summed E-state index contributed by atoms with van der Waals surface area (Å²) in [5, 5.41) is 1.05. The number of aromatic amines is 1. The number of nitrogens with one attached hydrogen (secondary N) is 1. The highest BCUT2D eigenvalue weighted by molar-refractivity contribution is 6.31. The molecule has 0 bridgehead atoms. The van der Waals surface area contributed by atoms with Crippen molar-refractivity contribution in [2.24, 2.45) is 0 Å². The molecule has 0 radical (unpaired) electrons. The number of H-pyrrole nitrogens is 1. The molecule has 0 aliphatic rings. The van der Waals surface area contributed by atoms with Crippen molar-refractivity contribution >= 4 is 34.4 Å². The quantitative estimate of drug-likeness (QED) is 0.372. The number of allylic oxidation sites excluding steroid dienone is 1. The van der Waals surface area contributed by atoms with Crippen LogP contribution in [0.25, 0.3) is 28.1 Å². The molecule has 142 valence electrons. The standard InChI is InChI=1S/C23H14ClFN2O2/c24-15-6-10-19-18(13-15)21(14-4-7-16(25)8-5-14)22(23(29)27-19)20(28)11-9-17-3-1-2-12-26-17/h1-13H,(H,27,29). The molecule has 6 heteroatoms. The molecule has 2 aromatic carbocycles. The van der Waals surface area contributed by atoms with Gasteiger partial charge in [0.2, 0.25) is 0 Å². The number of hydrogen-bond acceptors (Lipinski definition) is 3. The summed E-state index contributed by atoms with van der Waals surface area (Å²) in [5.41, 5.74) is 1.49. The van der Waals surface area contributed by atoms with E-state index in [1.54, 1.807) is 48.7 Å². The van der Waals surface area contributed by atoms with Crippen LogP contribution in [-0.2, 0) is 0 Å². The van der Waals surface area contributed by atoms with E-state index in [4.69, 9.17) is 11.6 Å². The number of nitrogens with zero attached hydrogens (tertiary/aromatic N) is 1. The molecule has 2 heterocycles. The van der Waals surface area contributed by atoms with Crippen molar-refractivity contribution in [2.45, 2.75) is 0 Å². The Morgan fingerprint density at radius 3 is 2.59 bits per heavy atom. The molecule has 0 saturated heterocycles. The summed E-state index contributed by atoms with van der Waals surface area (Å²) in [5.74, 6) is -0.901. The normalized spacial score (nSPS) is 11.2. The number of pyridine rings is 2. The largest absolute Gasteiger partial charge is 0.321 e. The molecule has 4 nitrogen and oxygen atoms in total. The number of hydrogen-bond donors (Lipinski definition) is 1. The molecule has 0 spiro atoms. The Bertz CT molecular complexity index is 1300. The van der Waals surface area contributed by atoms with Gasteiger partial charge in [0.25, 0.3) is 5.56 Å². The Morgan fingerprint density at radius 2 is 1.86 bits per heavy atom. The third-order valence-corrected chi connectivity index (χ3v) is 4.68. The molecular weight excluding hydrogens is 391 g/mol. The zero-order valence-corrected chi connectivity index (χ0v) is 15.8. The molecular formula is C23H14ClFN2O2. The van der Waals surface area contributed by atoms with Crippen molar-refractivity contribution in [1.82, 2.24) is 9.97 Å². The lowest BCUT2D eigenvalue weighted by Gasteiger charge is -2.12. The summed E-state index contributed by atoms with van der Waals surface area (Å²) in [7, 11) is 0. The van der Waals surface area contributed by atoms with Gasteiger partial charge in [-0.05, 0) is 60.2 Å². The predicted molar refractivity (Wildman–Crippen MR) is 113 cm³/mol. The minimum Gasteiger partial charge on any atom is -0.321 e. The number of halogens is 2. The second kappa shape index (κ2) is 7.81. The van der Waals surface area contributed by atoms with E-state index in [0.717, 1.165) is 0 Å². The summed E-state index contributed by atoms with van der Waals surface area (Å²) in [4.78, 5) is 32.6. The molecule has 0 aliphatic heterocycles. The first-order valence-electron chi connectivity index (χ1n) is 8.78. The molecule has 0 aliphatic carbocycles. The smallest absolute Gasteiger partial charge is 0.260 e. The third-order valence-electron chi connectivity index (χ3n) is 4.45. The van der Waals surface area contributed by atoms with Crippen LogP contribution in [0.5, 0.6) is 0 Å². The van der Waals surface area contributed by atoms with Gasteiger partial charge in [-0.3, -0.25) is 14.6 Å². The molecule has 29 heavy (non-hydrogen) atoms. The average molecular weight is 405 g/mol. The third kappa shape index (κ3) is 3.86. The lowest BCUT2D eigenvalue weighted by Crippen LogP contribution is -2.18. The fourth-order valence-corrected chi connectivity index (χ4v) is 3.31. The summed E-state index contributed by atoms with van der Waals surface area (Å²) in [6, 6.07) is 15.9. The number of benzene rings is 2. The minimum absolute atomic E-state index is 0.0430. The van der Waals surface area contributed by atoms with Gasteiger partial charge in [-0.1, -0.05) is 29.8 Å². The summed E-state index contributed by atoms with van der Waals surface area (Å²) in [6.07, 6.45) is 4.45. The van der Waals surface area contributed by atoms with Gasteiger partial charge in [0.15, 0.2) is 5.78 Å². The first kappa shape index (κ1) is 18.8. The highest BCUT2D eigenvalue weighted by Crippen LogP contribution is 2.32. The molecule has 1 N–H and O–H groups in total. The minimum atomic E-state index is -0.533. The Labute approximate surface area is 170 Å². The zero-order chi connectivity index (χ0) is 20.4. The molecule has 0 unspecified atom stereocenters. The van der Waals surface area contributed by atoms with Gasteiger partial charge in [0, 0.05) is 27.7 Å². The van der Waals surface area contributed by atoms with E-state index in [1.807, 2.05) is 0 Å². The van der Waals surface area contributed by atoms with E-state index < -0.39 is 17.2 Å². The van der Waals surface area contributed by atoms with Gasteiger partial charge in [0.05, 0.1) is 11.3 Å². The number of ketones is 1. The van der Waals surface area contributed by atoms with E-state index in [9.17, 15) is 14.0 Å². The molecule has 0 fully saturated rings. The van der Waals surface area contributed by atoms with E-state index >= 15 is 0 Å². The van der Waals surface area contributed by atoms with Crippen molar-refractivity contribution in [3.8, 4) is 11.1 Å². The van der Waals surface area contributed by atoms with Crippen molar-refractivity contribution < 1.29 is 9.18 Å². The SMILES string of the molecule is O=C(C=Cc1ccccn1)c1c(-c2ccc(F)cc2)c2cc(Cl)ccc2[nH]c1=O. The fraction of sp³-hybridized carbons (Fsp3) is 0. The number of carbonyl (C=O) groups excluding carboxylic acids is 1. The van der Waals surface area contributed by atoms with Gasteiger partial charge in [-0.15, -0.1) is 0 Å². The summed E-state index contributed by atoms with van der Waals surface area (Å²) >= 11 is 6.16. The number of rotatable bonds is 4. The van der Waals surface area contributed by atoms with Gasteiger partial charge in [-0.2, -0.15) is 0 Å². The average Bonchev–Trinajstić information content (AvgIpc) is 2.73. The second-order valence-electron chi connectivity index (χ2n) is 6.35. The van der Waals surface area contributed by atoms with Crippen LogP contribution in [0.4, 0.5) is 4.39 Å². The highest BCUT2D eigenvalue weighted by Gasteiger charge is 2.19. The Balaban J connectivity index is 1.95. The molecule has 4 aromatic rings. The number of fused-ring (bicyclic) bond motifs is 1. The molecule has 2 aromatic heterocycles. The predicted octanol–water partition coefficient (Wildman–Crippen LogP) is 5.28. The molecule has 0 atom stereocenters. The maximum absolute atomic E-state index is 13.5. The van der Waals surface area contributed by atoms with Crippen molar-refractivity contribution in [2.75, 3.05) is 0 Å². The lowest BCUT2D eigenvalue weighted by atomic mass is 9.94. The van der Waals surface area contributed by atoms with Gasteiger partial charge in [0.1, 0.15) is 5.82 Å². The Kier molecular flexibility index (Phi) is 5.06. The fourth-order valence-electron chi connectivity index (χ4n) is 3.14.